The number of carbonyl (C=O) groups is 2. The Morgan fingerprint density at radius 1 is 1.23 bits per heavy atom. The summed E-state index contributed by atoms with van der Waals surface area (Å²) in [5.41, 5.74) is 2.31. The van der Waals surface area contributed by atoms with E-state index in [1.165, 1.54) is 12.1 Å². The van der Waals surface area contributed by atoms with Crippen LogP contribution in [0.4, 0.5) is 10.1 Å². The van der Waals surface area contributed by atoms with E-state index in [4.69, 9.17) is 4.74 Å². The van der Waals surface area contributed by atoms with Crippen molar-refractivity contribution in [1.82, 2.24) is 4.90 Å². The number of hydrogen-bond acceptors (Lipinski definition) is 4. The number of rotatable bonds is 5. The van der Waals surface area contributed by atoms with Gasteiger partial charge in [0.1, 0.15) is 11.6 Å². The summed E-state index contributed by atoms with van der Waals surface area (Å²) in [5, 5.41) is 4.85. The van der Waals surface area contributed by atoms with Crippen molar-refractivity contribution in [2.45, 2.75) is 25.9 Å². The molecule has 30 heavy (non-hydrogen) atoms. The van der Waals surface area contributed by atoms with Gasteiger partial charge in [-0.3, -0.25) is 9.59 Å². The van der Waals surface area contributed by atoms with E-state index in [1.807, 2.05) is 30.5 Å². The third-order valence-corrected chi connectivity index (χ3v) is 5.97. The van der Waals surface area contributed by atoms with Crippen LogP contribution in [0.1, 0.15) is 29.0 Å². The van der Waals surface area contributed by atoms with Crippen molar-refractivity contribution < 1.29 is 18.7 Å². The molecule has 1 aliphatic rings. The van der Waals surface area contributed by atoms with E-state index in [0.717, 1.165) is 16.0 Å². The summed E-state index contributed by atoms with van der Waals surface area (Å²) in [5.74, 6) is 0.0593. The van der Waals surface area contributed by atoms with Gasteiger partial charge in [-0.2, -0.15) is 0 Å². The number of anilines is 1. The quantitative estimate of drug-likeness (QED) is 0.654. The molecule has 154 valence electrons. The molecule has 0 aliphatic carbocycles. The standard InChI is InChI=1S/C23H21FN2O3S/c1-15(16-4-6-18(24)7-5-16)26-13-17-11-19(8-9-21(17)29-14-23(26)28)25-22(27)12-20-3-2-10-30-20/h2-11,15H,12-14H2,1H3,(H,25,27)/t15-/m1/s1. The van der Waals surface area contributed by atoms with Crippen molar-refractivity contribution in [2.24, 2.45) is 0 Å². The van der Waals surface area contributed by atoms with Crippen molar-refractivity contribution in [2.75, 3.05) is 11.9 Å². The Kier molecular flexibility index (Phi) is 5.81. The maximum atomic E-state index is 13.3. The molecule has 5 nitrogen and oxygen atoms in total. The van der Waals surface area contributed by atoms with Crippen LogP contribution in [0, 0.1) is 5.82 Å². The number of benzene rings is 2. The highest BCUT2D eigenvalue weighted by molar-refractivity contribution is 7.10. The van der Waals surface area contributed by atoms with E-state index in [1.54, 1.807) is 40.5 Å². The molecule has 0 radical (unpaired) electrons. The van der Waals surface area contributed by atoms with Gasteiger partial charge in [0.05, 0.1) is 19.0 Å². The molecule has 1 N–H and O–H groups in total. The van der Waals surface area contributed by atoms with Crippen molar-refractivity contribution in [3.05, 3.63) is 81.8 Å². The van der Waals surface area contributed by atoms with Gasteiger partial charge < -0.3 is 15.0 Å². The Balaban J connectivity index is 1.52. The Morgan fingerprint density at radius 2 is 2.03 bits per heavy atom. The first kappa shape index (κ1) is 20.1. The average molecular weight is 424 g/mol. The number of halogens is 1. The Hall–Kier alpha value is -3.19. The average Bonchev–Trinajstić information content (AvgIpc) is 3.18. The van der Waals surface area contributed by atoms with Crippen LogP contribution >= 0.6 is 11.3 Å². The van der Waals surface area contributed by atoms with Gasteiger partial charge in [0.25, 0.3) is 5.91 Å². The fourth-order valence-electron chi connectivity index (χ4n) is 3.47. The summed E-state index contributed by atoms with van der Waals surface area (Å²) in [4.78, 5) is 27.7. The smallest absolute Gasteiger partial charge is 0.261 e. The zero-order chi connectivity index (χ0) is 21.1. The minimum absolute atomic E-state index is 0.0668. The number of nitrogens with one attached hydrogen (secondary N) is 1. The summed E-state index contributed by atoms with van der Waals surface area (Å²) in [6.07, 6.45) is 0.317. The lowest BCUT2D eigenvalue weighted by Crippen LogP contribution is -2.34. The highest BCUT2D eigenvalue weighted by atomic mass is 32.1. The summed E-state index contributed by atoms with van der Waals surface area (Å²) in [6, 6.07) is 15.1. The monoisotopic (exact) mass is 424 g/mol. The SMILES string of the molecule is C[C@H](c1ccc(F)cc1)N1Cc2cc(NC(=O)Cc3cccs3)ccc2OCC1=O. The fourth-order valence-corrected chi connectivity index (χ4v) is 4.17. The van der Waals surface area contributed by atoms with Gasteiger partial charge in [-0.05, 0) is 54.3 Å². The third kappa shape index (κ3) is 4.52. The predicted octanol–water partition coefficient (Wildman–Crippen LogP) is 4.55. The largest absolute Gasteiger partial charge is 0.483 e. The highest BCUT2D eigenvalue weighted by Gasteiger charge is 2.27. The summed E-state index contributed by atoms with van der Waals surface area (Å²) in [7, 11) is 0. The minimum atomic E-state index is -0.315. The van der Waals surface area contributed by atoms with Gasteiger partial charge in [0.15, 0.2) is 6.61 Å². The number of fused-ring (bicyclic) bond motifs is 1. The zero-order valence-electron chi connectivity index (χ0n) is 16.4. The fraction of sp³-hybridized carbons (Fsp3) is 0.217. The first-order valence-corrected chi connectivity index (χ1v) is 10.5. The molecule has 0 saturated carbocycles. The van der Waals surface area contributed by atoms with Crippen LogP contribution in [-0.2, 0) is 22.6 Å². The number of ether oxygens (including phenoxy) is 1. The third-order valence-electron chi connectivity index (χ3n) is 5.09. The van der Waals surface area contributed by atoms with Crippen LogP contribution < -0.4 is 10.1 Å². The van der Waals surface area contributed by atoms with Gasteiger partial charge in [-0.1, -0.05) is 18.2 Å². The molecule has 2 heterocycles. The molecule has 1 atom stereocenters. The lowest BCUT2D eigenvalue weighted by atomic mass is 10.1. The van der Waals surface area contributed by atoms with Gasteiger partial charge in [0.2, 0.25) is 5.91 Å². The minimum Gasteiger partial charge on any atom is -0.483 e. The van der Waals surface area contributed by atoms with Crippen LogP contribution in [-0.4, -0.2) is 23.3 Å². The van der Waals surface area contributed by atoms with Crippen LogP contribution in [0.2, 0.25) is 0 Å². The Labute approximate surface area is 178 Å². The predicted molar refractivity (Wildman–Crippen MR) is 114 cm³/mol. The molecule has 0 unspecified atom stereocenters. The lowest BCUT2D eigenvalue weighted by molar-refractivity contribution is -0.135. The molecule has 0 bridgehead atoms. The van der Waals surface area contributed by atoms with Crippen LogP contribution in [0.5, 0.6) is 5.75 Å². The molecule has 2 aromatic carbocycles. The van der Waals surface area contributed by atoms with E-state index in [2.05, 4.69) is 5.32 Å². The van der Waals surface area contributed by atoms with Gasteiger partial charge in [-0.15, -0.1) is 11.3 Å². The number of nitrogens with zero attached hydrogens (tertiary/aromatic N) is 1. The van der Waals surface area contributed by atoms with Gasteiger partial charge >= 0.3 is 0 Å². The van der Waals surface area contributed by atoms with Gasteiger partial charge in [0, 0.05) is 16.1 Å². The molecule has 1 aromatic heterocycles. The Morgan fingerprint density at radius 3 is 2.77 bits per heavy atom. The van der Waals surface area contributed by atoms with Gasteiger partial charge in [-0.25, -0.2) is 4.39 Å². The number of amides is 2. The number of hydrogen-bond donors (Lipinski definition) is 1. The molecule has 0 saturated heterocycles. The molecular weight excluding hydrogens is 403 g/mol. The summed E-state index contributed by atoms with van der Waals surface area (Å²) >= 11 is 1.54. The van der Waals surface area contributed by atoms with E-state index in [9.17, 15) is 14.0 Å². The van der Waals surface area contributed by atoms with E-state index < -0.39 is 0 Å². The van der Waals surface area contributed by atoms with Crippen LogP contribution in [0.3, 0.4) is 0 Å². The first-order chi connectivity index (χ1) is 14.5. The topological polar surface area (TPSA) is 58.6 Å². The van der Waals surface area contributed by atoms with Crippen molar-refractivity contribution >= 4 is 28.8 Å². The van der Waals surface area contributed by atoms with E-state index in [0.29, 0.717) is 24.4 Å². The molecule has 7 heteroatoms. The zero-order valence-corrected chi connectivity index (χ0v) is 17.2. The molecule has 0 spiro atoms. The van der Waals surface area contributed by atoms with Crippen molar-refractivity contribution in [3.8, 4) is 5.75 Å². The normalized spacial score (nSPS) is 14.5. The van der Waals surface area contributed by atoms with Crippen molar-refractivity contribution in [3.63, 3.8) is 0 Å². The van der Waals surface area contributed by atoms with Crippen LogP contribution in [0.25, 0.3) is 0 Å². The summed E-state index contributed by atoms with van der Waals surface area (Å²) < 4.78 is 18.9. The van der Waals surface area contributed by atoms with Crippen LogP contribution in [0.15, 0.2) is 60.0 Å². The van der Waals surface area contributed by atoms with Crippen molar-refractivity contribution in [1.29, 1.82) is 0 Å². The highest BCUT2D eigenvalue weighted by Crippen LogP contribution is 2.31. The maximum Gasteiger partial charge on any atom is 0.261 e. The Bertz CT molecular complexity index is 1050. The van der Waals surface area contributed by atoms with E-state index >= 15 is 0 Å². The second kappa shape index (κ2) is 8.67. The molecule has 3 aromatic rings. The molecule has 2 amide bonds. The molecule has 4 rings (SSSR count). The number of thiophene rings is 1. The second-order valence-electron chi connectivity index (χ2n) is 7.16. The molecule has 0 fully saturated rings. The lowest BCUT2D eigenvalue weighted by Gasteiger charge is -2.28. The first-order valence-electron chi connectivity index (χ1n) is 9.62. The molecular formula is C23H21FN2O3S. The number of carbonyl (C=O) groups excluding carboxylic acids is 2. The summed E-state index contributed by atoms with van der Waals surface area (Å²) in [6.45, 7) is 2.17. The second-order valence-corrected chi connectivity index (χ2v) is 8.20. The maximum absolute atomic E-state index is 13.3. The van der Waals surface area contributed by atoms with E-state index in [-0.39, 0.29) is 30.3 Å². The molecule has 1 aliphatic heterocycles.